The van der Waals surface area contributed by atoms with Crippen LogP contribution >= 0.6 is 0 Å². The summed E-state index contributed by atoms with van der Waals surface area (Å²) in [7, 11) is 0. The van der Waals surface area contributed by atoms with Gasteiger partial charge in [-0.05, 0) is 86.8 Å². The van der Waals surface area contributed by atoms with Crippen molar-refractivity contribution in [2.75, 3.05) is 0 Å². The van der Waals surface area contributed by atoms with Gasteiger partial charge in [0.2, 0.25) is 0 Å². The fourth-order valence-electron chi connectivity index (χ4n) is 5.53. The number of benzene rings is 1. The molecule has 1 saturated carbocycles. The lowest BCUT2D eigenvalue weighted by Gasteiger charge is -2.48. The number of hydrogen-bond acceptors (Lipinski definition) is 4. The van der Waals surface area contributed by atoms with E-state index in [9.17, 15) is 14.4 Å². The van der Waals surface area contributed by atoms with E-state index in [1.807, 2.05) is 44.7 Å². The minimum Gasteiger partial charge on any atom is -0.459 e. The predicted octanol–water partition coefficient (Wildman–Crippen LogP) is 7.04. The Morgan fingerprint density at radius 2 is 1.57 bits per heavy atom. The first-order valence-electron chi connectivity index (χ1n) is 14.1. The van der Waals surface area contributed by atoms with Gasteiger partial charge in [0.1, 0.15) is 5.66 Å². The number of amides is 2. The Morgan fingerprint density at radius 1 is 1.03 bits per heavy atom. The van der Waals surface area contributed by atoms with E-state index in [0.29, 0.717) is 11.5 Å². The molecule has 2 aliphatic rings. The van der Waals surface area contributed by atoms with E-state index < -0.39 is 17.5 Å². The molecule has 1 aliphatic heterocycles. The molecule has 6 heteroatoms. The summed E-state index contributed by atoms with van der Waals surface area (Å²) in [5.74, 6) is -0.746. The largest absolute Gasteiger partial charge is 0.459 e. The molecule has 3 rings (SSSR count). The smallest absolute Gasteiger partial charge is 0.338 e. The van der Waals surface area contributed by atoms with Gasteiger partial charge in [0.05, 0.1) is 17.7 Å². The number of carbonyl (C=O) groups is 3. The molecule has 1 saturated heterocycles. The van der Waals surface area contributed by atoms with Crippen molar-refractivity contribution in [2.45, 2.75) is 126 Å². The van der Waals surface area contributed by atoms with Gasteiger partial charge in [-0.1, -0.05) is 67.5 Å². The summed E-state index contributed by atoms with van der Waals surface area (Å²) in [5.41, 5.74) is 1.06. The number of esters is 1. The van der Waals surface area contributed by atoms with E-state index in [-0.39, 0.29) is 28.9 Å². The number of ether oxygens (including phenoxy) is 1. The Kier molecular flexibility index (Phi) is 10.0. The summed E-state index contributed by atoms with van der Waals surface area (Å²) in [6.07, 6.45) is 4.91. The van der Waals surface area contributed by atoms with Crippen molar-refractivity contribution in [2.24, 2.45) is 16.7 Å². The molecule has 1 unspecified atom stereocenters. The van der Waals surface area contributed by atoms with E-state index in [0.717, 1.165) is 44.1 Å². The van der Waals surface area contributed by atoms with Crippen molar-refractivity contribution in [1.82, 2.24) is 10.2 Å². The first kappa shape index (κ1) is 30.9. The zero-order chi connectivity index (χ0) is 28.2. The van der Waals surface area contributed by atoms with Crippen LogP contribution < -0.4 is 5.32 Å². The Hall–Kier alpha value is -2.37. The Balaban J connectivity index is 0.00000235. The Labute approximate surface area is 224 Å². The molecule has 37 heavy (non-hydrogen) atoms. The highest BCUT2D eigenvalue weighted by atomic mass is 16.5. The van der Waals surface area contributed by atoms with E-state index in [1.54, 1.807) is 12.1 Å². The zero-order valence-corrected chi connectivity index (χ0v) is 24.9. The normalized spacial score (nSPS) is 23.0. The Morgan fingerprint density at radius 3 is 2.03 bits per heavy atom. The highest BCUT2D eigenvalue weighted by Gasteiger charge is 2.54. The molecule has 0 radical (unpaired) electrons. The van der Waals surface area contributed by atoms with Crippen LogP contribution in [0.25, 0.3) is 0 Å². The van der Waals surface area contributed by atoms with Crippen LogP contribution in [0.2, 0.25) is 0 Å². The molecule has 1 aromatic rings. The van der Waals surface area contributed by atoms with Gasteiger partial charge in [-0.15, -0.1) is 0 Å². The highest BCUT2D eigenvalue weighted by molar-refractivity contribution is 6.37. The van der Waals surface area contributed by atoms with Gasteiger partial charge in [-0.3, -0.25) is 9.59 Å². The van der Waals surface area contributed by atoms with Crippen LogP contribution in [0.3, 0.4) is 0 Å². The van der Waals surface area contributed by atoms with Gasteiger partial charge < -0.3 is 15.0 Å². The van der Waals surface area contributed by atoms with E-state index in [4.69, 9.17) is 4.74 Å². The molecule has 208 valence electrons. The minimum absolute atomic E-state index is 0.0799. The summed E-state index contributed by atoms with van der Waals surface area (Å²) >= 11 is 0. The fourth-order valence-corrected chi connectivity index (χ4v) is 5.53. The number of nitrogens with one attached hydrogen (secondary N) is 1. The van der Waals surface area contributed by atoms with E-state index in [2.05, 4.69) is 46.9 Å². The van der Waals surface area contributed by atoms with Crippen molar-refractivity contribution in [3.8, 4) is 0 Å². The average molecular weight is 515 g/mol. The fraction of sp³-hybridized carbons (Fsp3) is 0.710. The molecule has 1 atom stereocenters. The highest BCUT2D eigenvalue weighted by Crippen LogP contribution is 2.47. The van der Waals surface area contributed by atoms with E-state index >= 15 is 0 Å². The van der Waals surface area contributed by atoms with Gasteiger partial charge in [0.25, 0.3) is 0 Å². The van der Waals surface area contributed by atoms with Gasteiger partial charge in [0, 0.05) is 0 Å². The molecule has 6 nitrogen and oxygen atoms in total. The second kappa shape index (κ2) is 12.0. The van der Waals surface area contributed by atoms with Crippen LogP contribution in [0.15, 0.2) is 24.3 Å². The first-order valence-corrected chi connectivity index (χ1v) is 14.1. The molecule has 2 amide bonds. The topological polar surface area (TPSA) is 75.7 Å². The third-order valence-electron chi connectivity index (χ3n) is 7.61. The summed E-state index contributed by atoms with van der Waals surface area (Å²) in [4.78, 5) is 40.3. The van der Waals surface area contributed by atoms with Gasteiger partial charge in [-0.25, -0.2) is 4.79 Å². The molecule has 1 N–H and O–H groups in total. The maximum absolute atomic E-state index is 13.3. The van der Waals surface area contributed by atoms with E-state index in [1.165, 1.54) is 0 Å². The predicted molar refractivity (Wildman–Crippen MR) is 149 cm³/mol. The first-order chi connectivity index (χ1) is 17.1. The van der Waals surface area contributed by atoms with Crippen molar-refractivity contribution < 1.29 is 19.1 Å². The quantitative estimate of drug-likeness (QED) is 0.326. The minimum atomic E-state index is -0.645. The number of carbonyl (C=O) groups excluding carboxylic acids is 3. The van der Waals surface area contributed by atoms with Crippen LogP contribution in [0.4, 0.5) is 0 Å². The molecule has 1 heterocycles. The van der Waals surface area contributed by atoms with Crippen molar-refractivity contribution in [3.63, 3.8) is 0 Å². The lowest BCUT2D eigenvalue weighted by molar-refractivity contribution is -0.144. The molecule has 0 aromatic heterocycles. The third-order valence-corrected chi connectivity index (χ3v) is 7.61. The van der Waals surface area contributed by atoms with Crippen LogP contribution in [0.1, 0.15) is 130 Å². The molecular formula is C31H50N2O4. The van der Waals surface area contributed by atoms with Gasteiger partial charge in [0.15, 0.2) is 0 Å². The molecule has 1 aromatic carbocycles. The summed E-state index contributed by atoms with van der Waals surface area (Å²) < 4.78 is 5.33. The summed E-state index contributed by atoms with van der Waals surface area (Å²) in [6.45, 7) is 21.0. The maximum Gasteiger partial charge on any atom is 0.338 e. The molecule has 1 spiro atoms. The Bertz CT molecular complexity index is 929. The summed E-state index contributed by atoms with van der Waals surface area (Å²) in [5, 5.41) is 3.10. The lowest BCUT2D eigenvalue weighted by atomic mass is 9.69. The average Bonchev–Trinajstić information content (AvgIpc) is 3.03. The van der Waals surface area contributed by atoms with Gasteiger partial charge >= 0.3 is 17.8 Å². The second-order valence-corrected chi connectivity index (χ2v) is 13.0. The molecule has 2 fully saturated rings. The summed E-state index contributed by atoms with van der Waals surface area (Å²) in [6, 6.07) is 7.11. The van der Waals surface area contributed by atoms with Crippen LogP contribution in [-0.4, -0.2) is 34.5 Å². The SMILES string of the molecule is CC.CC(C)OC(=O)c1ccc(C(CCC(C)(C)C)N2C(=O)C(=O)NC23CCC(C(C)(C)C)CC3)cc1. The van der Waals surface area contributed by atoms with Crippen molar-refractivity contribution in [3.05, 3.63) is 35.4 Å². The number of hydrogen-bond donors (Lipinski definition) is 1. The second-order valence-electron chi connectivity index (χ2n) is 13.0. The molecule has 1 aliphatic carbocycles. The van der Waals surface area contributed by atoms with Crippen molar-refractivity contribution in [1.29, 1.82) is 0 Å². The van der Waals surface area contributed by atoms with Crippen molar-refractivity contribution >= 4 is 17.8 Å². The molecule has 0 bridgehead atoms. The van der Waals surface area contributed by atoms with Crippen LogP contribution in [0, 0.1) is 16.7 Å². The monoisotopic (exact) mass is 514 g/mol. The van der Waals surface area contributed by atoms with Gasteiger partial charge in [-0.2, -0.15) is 0 Å². The standard InChI is InChI=1S/C29H44N2O4.C2H6/c1-19(2)35-26(34)21-11-9-20(10-12-21)23(15-16-27(3,4)5)31-25(33)24(32)30-29(31)17-13-22(14-18-29)28(6,7)8;1-2/h9-12,19,22-23H,13-18H2,1-8H3,(H,30,32);1-2H3. The van der Waals surface area contributed by atoms with Crippen LogP contribution in [0.5, 0.6) is 0 Å². The third kappa shape index (κ3) is 7.58. The number of rotatable bonds is 6. The number of nitrogens with zero attached hydrogens (tertiary/aromatic N) is 1. The molecular weight excluding hydrogens is 464 g/mol. The zero-order valence-electron chi connectivity index (χ0n) is 24.9. The van der Waals surface area contributed by atoms with Crippen LogP contribution in [-0.2, 0) is 14.3 Å². The lowest BCUT2D eigenvalue weighted by Crippen LogP contribution is -2.56. The maximum atomic E-state index is 13.3.